The fourth-order valence-corrected chi connectivity index (χ4v) is 3.01. The number of rotatable bonds is 5. The van der Waals surface area contributed by atoms with Gasteiger partial charge in [0.1, 0.15) is 11.6 Å². The molecule has 112 valence electrons. The van der Waals surface area contributed by atoms with E-state index in [0.29, 0.717) is 21.9 Å². The molecule has 1 fully saturated rings. The topological polar surface area (TPSA) is 37.0 Å². The lowest BCUT2D eigenvalue weighted by atomic mass is 9.87. The Morgan fingerprint density at radius 3 is 2.45 bits per heavy atom. The Morgan fingerprint density at radius 1 is 1.15 bits per heavy atom. The first-order valence-corrected chi connectivity index (χ1v) is 8.22. The fraction of sp³-hybridized carbons (Fsp3) is 0.667. The van der Waals surface area contributed by atoms with E-state index in [2.05, 4.69) is 29.5 Å². The van der Waals surface area contributed by atoms with Gasteiger partial charge in [-0.05, 0) is 44.1 Å². The van der Waals surface area contributed by atoms with Crippen molar-refractivity contribution in [3.05, 3.63) is 16.1 Å². The number of halogens is 2. The Morgan fingerprint density at radius 2 is 1.80 bits per heavy atom. The maximum absolute atomic E-state index is 6.25. The molecule has 1 heterocycles. The number of nitrogens with one attached hydrogen (secondary N) is 2. The first-order chi connectivity index (χ1) is 9.60. The van der Waals surface area contributed by atoms with Crippen LogP contribution in [0.5, 0.6) is 0 Å². The molecule has 1 aromatic rings. The first-order valence-electron chi connectivity index (χ1n) is 7.46. The van der Waals surface area contributed by atoms with Gasteiger partial charge in [0.2, 0.25) is 0 Å². The molecule has 0 atom stereocenters. The summed E-state index contributed by atoms with van der Waals surface area (Å²) in [6.45, 7) is 5.28. The van der Waals surface area contributed by atoms with Gasteiger partial charge >= 0.3 is 0 Å². The van der Waals surface area contributed by atoms with E-state index in [0.717, 1.165) is 24.7 Å². The summed E-state index contributed by atoms with van der Waals surface area (Å²) >= 11 is 12.4. The summed E-state index contributed by atoms with van der Waals surface area (Å²) in [6, 6.07) is 2.23. The van der Waals surface area contributed by atoms with Gasteiger partial charge in [-0.2, -0.15) is 0 Å². The summed E-state index contributed by atoms with van der Waals surface area (Å²) in [5.41, 5.74) is 0. The standard InChI is InChI=1S/C15H23Cl2N3/c1-3-8-18-14-12(16)9-13(17)15(20-14)19-11-6-4-10(2)5-7-11/h9-11H,3-8H2,1-2H3,(H2,18,19,20). The molecule has 0 amide bonds. The molecule has 0 bridgehead atoms. The number of anilines is 2. The van der Waals surface area contributed by atoms with E-state index in [1.165, 1.54) is 25.7 Å². The van der Waals surface area contributed by atoms with Crippen molar-refractivity contribution in [2.45, 2.75) is 52.0 Å². The SMILES string of the molecule is CCCNc1nc(NC2CCC(C)CC2)c(Cl)cc1Cl. The van der Waals surface area contributed by atoms with Crippen LogP contribution in [0.1, 0.15) is 46.0 Å². The minimum atomic E-state index is 0.469. The number of nitrogens with zero attached hydrogens (tertiary/aromatic N) is 1. The third-order valence-electron chi connectivity index (χ3n) is 3.83. The summed E-state index contributed by atoms with van der Waals surface area (Å²) in [5.74, 6) is 2.29. The van der Waals surface area contributed by atoms with Crippen molar-refractivity contribution in [2.75, 3.05) is 17.2 Å². The normalized spacial score (nSPS) is 22.6. The molecular formula is C15H23Cl2N3. The molecule has 0 aromatic carbocycles. The van der Waals surface area contributed by atoms with Crippen LogP contribution < -0.4 is 10.6 Å². The number of pyridine rings is 1. The Hall–Kier alpha value is -0.670. The molecule has 0 unspecified atom stereocenters. The van der Waals surface area contributed by atoms with Gasteiger partial charge in [-0.1, -0.05) is 37.0 Å². The average molecular weight is 316 g/mol. The quantitative estimate of drug-likeness (QED) is 0.784. The number of hydrogen-bond acceptors (Lipinski definition) is 3. The molecule has 0 saturated heterocycles. The van der Waals surface area contributed by atoms with Gasteiger partial charge in [-0.3, -0.25) is 0 Å². The second-order valence-corrected chi connectivity index (χ2v) is 6.49. The minimum Gasteiger partial charge on any atom is -0.369 e. The van der Waals surface area contributed by atoms with Crippen LogP contribution in [0.2, 0.25) is 10.0 Å². The first kappa shape index (κ1) is 15.7. The second-order valence-electron chi connectivity index (χ2n) is 5.68. The van der Waals surface area contributed by atoms with E-state index >= 15 is 0 Å². The van der Waals surface area contributed by atoms with Crippen molar-refractivity contribution in [3.8, 4) is 0 Å². The van der Waals surface area contributed by atoms with Crippen LogP contribution in [0, 0.1) is 5.92 Å². The van der Waals surface area contributed by atoms with Crippen LogP contribution in [0.3, 0.4) is 0 Å². The molecule has 5 heteroatoms. The molecule has 0 aliphatic heterocycles. The molecule has 2 rings (SSSR count). The highest BCUT2D eigenvalue weighted by molar-refractivity contribution is 6.37. The molecule has 0 radical (unpaired) electrons. The lowest BCUT2D eigenvalue weighted by Crippen LogP contribution is -2.26. The van der Waals surface area contributed by atoms with Crippen LogP contribution in [0.4, 0.5) is 11.6 Å². The third kappa shape index (κ3) is 4.16. The summed E-state index contributed by atoms with van der Waals surface area (Å²) in [6.07, 6.45) is 5.93. The monoisotopic (exact) mass is 315 g/mol. The van der Waals surface area contributed by atoms with Gasteiger partial charge in [-0.15, -0.1) is 0 Å². The number of aromatic nitrogens is 1. The minimum absolute atomic E-state index is 0.469. The zero-order chi connectivity index (χ0) is 14.5. The largest absolute Gasteiger partial charge is 0.369 e. The summed E-state index contributed by atoms with van der Waals surface area (Å²) in [7, 11) is 0. The van der Waals surface area contributed by atoms with E-state index in [4.69, 9.17) is 23.2 Å². The van der Waals surface area contributed by atoms with Crippen molar-refractivity contribution in [1.82, 2.24) is 4.98 Å². The lowest BCUT2D eigenvalue weighted by molar-refractivity contribution is 0.361. The van der Waals surface area contributed by atoms with Crippen molar-refractivity contribution >= 4 is 34.8 Å². The zero-order valence-corrected chi connectivity index (χ0v) is 13.7. The maximum Gasteiger partial charge on any atom is 0.147 e. The van der Waals surface area contributed by atoms with Crippen LogP contribution in [0.15, 0.2) is 6.07 Å². The van der Waals surface area contributed by atoms with Crippen LogP contribution >= 0.6 is 23.2 Å². The second kappa shape index (κ2) is 7.37. The van der Waals surface area contributed by atoms with Crippen molar-refractivity contribution in [2.24, 2.45) is 5.92 Å². The zero-order valence-electron chi connectivity index (χ0n) is 12.2. The van der Waals surface area contributed by atoms with Gasteiger partial charge in [0.25, 0.3) is 0 Å². The Balaban J connectivity index is 2.06. The van der Waals surface area contributed by atoms with Crippen LogP contribution in [-0.2, 0) is 0 Å². The van der Waals surface area contributed by atoms with Gasteiger partial charge in [0.05, 0.1) is 10.0 Å². The molecule has 20 heavy (non-hydrogen) atoms. The van der Waals surface area contributed by atoms with Crippen molar-refractivity contribution in [3.63, 3.8) is 0 Å². The summed E-state index contributed by atoms with van der Waals surface area (Å²) in [5, 5.41) is 7.87. The van der Waals surface area contributed by atoms with Gasteiger partial charge < -0.3 is 10.6 Å². The fourth-order valence-electron chi connectivity index (χ4n) is 2.53. The number of hydrogen-bond donors (Lipinski definition) is 2. The maximum atomic E-state index is 6.25. The Labute approximate surface area is 131 Å². The molecular weight excluding hydrogens is 293 g/mol. The predicted octanol–water partition coefficient (Wildman–Crippen LogP) is 5.20. The Kier molecular flexibility index (Phi) is 5.79. The molecule has 1 saturated carbocycles. The van der Waals surface area contributed by atoms with Gasteiger partial charge in [0.15, 0.2) is 0 Å². The van der Waals surface area contributed by atoms with E-state index in [-0.39, 0.29) is 0 Å². The van der Waals surface area contributed by atoms with Crippen molar-refractivity contribution < 1.29 is 0 Å². The average Bonchev–Trinajstić information content (AvgIpc) is 2.43. The van der Waals surface area contributed by atoms with Gasteiger partial charge in [-0.25, -0.2) is 4.98 Å². The van der Waals surface area contributed by atoms with Crippen LogP contribution in [0.25, 0.3) is 0 Å². The van der Waals surface area contributed by atoms with Crippen LogP contribution in [-0.4, -0.2) is 17.6 Å². The van der Waals surface area contributed by atoms with E-state index < -0.39 is 0 Å². The van der Waals surface area contributed by atoms with Crippen molar-refractivity contribution in [1.29, 1.82) is 0 Å². The molecule has 1 aliphatic rings. The molecule has 3 nitrogen and oxygen atoms in total. The summed E-state index contributed by atoms with van der Waals surface area (Å²) in [4.78, 5) is 4.54. The highest BCUT2D eigenvalue weighted by Gasteiger charge is 2.19. The van der Waals surface area contributed by atoms with Gasteiger partial charge in [0, 0.05) is 12.6 Å². The molecule has 1 aliphatic carbocycles. The smallest absolute Gasteiger partial charge is 0.147 e. The molecule has 1 aromatic heterocycles. The molecule has 2 N–H and O–H groups in total. The van der Waals surface area contributed by atoms with E-state index in [1.54, 1.807) is 6.07 Å². The molecule has 0 spiro atoms. The van der Waals surface area contributed by atoms with E-state index in [9.17, 15) is 0 Å². The summed E-state index contributed by atoms with van der Waals surface area (Å²) < 4.78 is 0. The third-order valence-corrected chi connectivity index (χ3v) is 4.40. The highest BCUT2D eigenvalue weighted by atomic mass is 35.5. The highest BCUT2D eigenvalue weighted by Crippen LogP contribution is 2.32. The lowest BCUT2D eigenvalue weighted by Gasteiger charge is -2.27. The van der Waals surface area contributed by atoms with E-state index in [1.807, 2.05) is 0 Å². The predicted molar refractivity (Wildman–Crippen MR) is 88.1 cm³/mol. The Bertz CT molecular complexity index is 443.